The number of alkyl halides is 1. The van der Waals surface area contributed by atoms with Crippen molar-refractivity contribution in [2.24, 2.45) is 11.0 Å². The highest BCUT2D eigenvalue weighted by molar-refractivity contribution is 6.30. The highest BCUT2D eigenvalue weighted by Crippen LogP contribution is 2.37. The second kappa shape index (κ2) is 7.35. The number of hydrogen-bond donors (Lipinski definition) is 3. The van der Waals surface area contributed by atoms with E-state index in [0.717, 1.165) is 0 Å². The number of H-pyrrole nitrogens is 1. The molecule has 0 radical (unpaired) electrons. The van der Waals surface area contributed by atoms with Crippen LogP contribution < -0.4 is 5.84 Å². The van der Waals surface area contributed by atoms with Gasteiger partial charge in [0.25, 0.3) is 0 Å². The first-order chi connectivity index (χ1) is 11.0. The minimum atomic E-state index is -0.846. The Balaban J connectivity index is 0.00000208. The van der Waals surface area contributed by atoms with E-state index in [4.69, 9.17) is 17.4 Å². The van der Waals surface area contributed by atoms with Gasteiger partial charge in [0, 0.05) is 31.6 Å². The monoisotopic (exact) mass is 373 g/mol. The molecule has 0 spiro atoms. The van der Waals surface area contributed by atoms with Gasteiger partial charge in [-0.05, 0) is 16.8 Å². The lowest BCUT2D eigenvalue weighted by atomic mass is 10.1. The predicted molar refractivity (Wildman–Crippen MR) is 93.6 cm³/mol. The number of nitroso groups, excluding NO2 is 1. The lowest BCUT2D eigenvalue weighted by molar-refractivity contribution is -0.132. The Hall–Kier alpha value is -1.87. The summed E-state index contributed by atoms with van der Waals surface area (Å²) in [5, 5.41) is 13.7. The second-order valence-corrected chi connectivity index (χ2v) is 5.88. The Labute approximate surface area is 148 Å². The lowest BCUT2D eigenvalue weighted by Crippen LogP contribution is -2.51. The molecule has 24 heavy (non-hydrogen) atoms. The molecule has 2 heterocycles. The van der Waals surface area contributed by atoms with Crippen LogP contribution in [0.5, 0.6) is 5.88 Å². The predicted octanol–water partition coefficient (Wildman–Crippen LogP) is 1.99. The van der Waals surface area contributed by atoms with Crippen molar-refractivity contribution in [1.29, 1.82) is 0 Å². The van der Waals surface area contributed by atoms with Gasteiger partial charge in [0.15, 0.2) is 5.69 Å². The van der Waals surface area contributed by atoms with Crippen molar-refractivity contribution in [3.8, 4) is 5.88 Å². The van der Waals surface area contributed by atoms with Gasteiger partial charge in [0.1, 0.15) is 5.38 Å². The molecule has 1 aromatic carbocycles. The number of carbonyl (C=O) groups is 1. The van der Waals surface area contributed by atoms with Crippen LogP contribution in [0.3, 0.4) is 0 Å². The highest BCUT2D eigenvalue weighted by Gasteiger charge is 2.27. The van der Waals surface area contributed by atoms with Crippen molar-refractivity contribution < 1.29 is 9.90 Å². The molecular formula is C14H17Cl2N5O3. The normalized spacial score (nSPS) is 16.7. The summed E-state index contributed by atoms with van der Waals surface area (Å²) >= 11 is 6.31. The number of aromatic amines is 1. The maximum atomic E-state index is 12.5. The Morgan fingerprint density at radius 1 is 1.33 bits per heavy atom. The van der Waals surface area contributed by atoms with E-state index in [1.54, 1.807) is 28.1 Å². The molecule has 10 heteroatoms. The van der Waals surface area contributed by atoms with Crippen LogP contribution in [-0.4, -0.2) is 52.1 Å². The third-order valence-corrected chi connectivity index (χ3v) is 4.44. The summed E-state index contributed by atoms with van der Waals surface area (Å²) in [5.74, 6) is 5.18. The van der Waals surface area contributed by atoms with Crippen molar-refractivity contribution in [1.82, 2.24) is 14.9 Å². The number of hydrogen-bond acceptors (Lipinski definition) is 6. The summed E-state index contributed by atoms with van der Waals surface area (Å²) in [6.07, 6.45) is 0. The lowest BCUT2D eigenvalue weighted by Gasteiger charge is -2.33. The molecule has 1 fully saturated rings. The number of halogens is 2. The number of nitrogens with one attached hydrogen (secondary N) is 1. The summed E-state index contributed by atoms with van der Waals surface area (Å²) in [4.78, 5) is 27.5. The molecule has 1 saturated heterocycles. The Kier molecular flexibility index (Phi) is 5.66. The zero-order chi connectivity index (χ0) is 16.6. The number of aromatic hydroxyl groups is 1. The largest absolute Gasteiger partial charge is 0.493 e. The Bertz CT molecular complexity index is 758. The molecular weight excluding hydrogens is 357 g/mol. The van der Waals surface area contributed by atoms with Gasteiger partial charge in [0.05, 0.1) is 5.52 Å². The van der Waals surface area contributed by atoms with Crippen molar-refractivity contribution in [3.05, 3.63) is 28.7 Å². The molecule has 0 saturated carbocycles. The van der Waals surface area contributed by atoms with E-state index in [1.165, 1.54) is 0 Å². The fourth-order valence-electron chi connectivity index (χ4n) is 2.68. The maximum Gasteiger partial charge on any atom is 0.245 e. The van der Waals surface area contributed by atoms with Crippen molar-refractivity contribution in [3.63, 3.8) is 0 Å². The van der Waals surface area contributed by atoms with Crippen LogP contribution in [0.4, 0.5) is 5.69 Å². The summed E-state index contributed by atoms with van der Waals surface area (Å²) in [6.45, 7) is 2.27. The smallest absolute Gasteiger partial charge is 0.245 e. The SMILES string of the molecule is Cl.NN1CCN(C(=O)C(Cl)c2ccc3c(N=O)c(O)[nH]c3c2)CC1. The molecule has 1 aliphatic rings. The Morgan fingerprint density at radius 2 is 2.00 bits per heavy atom. The molecule has 1 atom stereocenters. The number of piperazine rings is 1. The molecule has 1 amide bonds. The van der Waals surface area contributed by atoms with Crippen LogP contribution in [0.1, 0.15) is 10.9 Å². The third kappa shape index (κ3) is 3.32. The van der Waals surface area contributed by atoms with Gasteiger partial charge >= 0.3 is 0 Å². The van der Waals surface area contributed by atoms with E-state index in [2.05, 4.69) is 10.2 Å². The minimum Gasteiger partial charge on any atom is -0.493 e. The topological polar surface area (TPSA) is 115 Å². The van der Waals surface area contributed by atoms with Gasteiger partial charge in [-0.2, -0.15) is 0 Å². The first-order valence-corrected chi connectivity index (χ1v) is 7.55. The molecule has 130 valence electrons. The van der Waals surface area contributed by atoms with Crippen LogP contribution in [-0.2, 0) is 4.79 Å². The van der Waals surface area contributed by atoms with E-state index < -0.39 is 5.38 Å². The van der Waals surface area contributed by atoms with Gasteiger partial charge in [-0.15, -0.1) is 28.9 Å². The Morgan fingerprint density at radius 3 is 2.62 bits per heavy atom. The van der Waals surface area contributed by atoms with Crippen LogP contribution in [0.2, 0.25) is 0 Å². The summed E-state index contributed by atoms with van der Waals surface area (Å²) in [7, 11) is 0. The number of rotatable bonds is 3. The molecule has 1 unspecified atom stereocenters. The van der Waals surface area contributed by atoms with Gasteiger partial charge in [0.2, 0.25) is 11.8 Å². The maximum absolute atomic E-state index is 12.5. The number of amides is 1. The van der Waals surface area contributed by atoms with Gasteiger partial charge in [-0.25, -0.2) is 5.01 Å². The number of fused-ring (bicyclic) bond motifs is 1. The number of nitrogens with two attached hydrogens (primary N) is 1. The highest BCUT2D eigenvalue weighted by atomic mass is 35.5. The fourth-order valence-corrected chi connectivity index (χ4v) is 2.96. The standard InChI is InChI=1S/C14H16ClN5O3.ClH/c15-11(14(22)19-3-5-20(16)6-4-19)8-1-2-9-10(7-8)17-13(21)12(9)18-23;/h1-2,7,11,17,21H,3-6,16H2;1H. The summed E-state index contributed by atoms with van der Waals surface area (Å²) < 4.78 is 0. The van der Waals surface area contributed by atoms with Crippen LogP contribution in [0, 0.1) is 4.91 Å². The van der Waals surface area contributed by atoms with E-state index >= 15 is 0 Å². The zero-order valence-electron chi connectivity index (χ0n) is 12.6. The number of benzene rings is 1. The van der Waals surface area contributed by atoms with E-state index in [1.807, 2.05) is 0 Å². The quantitative estimate of drug-likeness (QED) is 0.432. The fraction of sp³-hybridized carbons (Fsp3) is 0.357. The molecule has 1 aliphatic heterocycles. The molecule has 4 N–H and O–H groups in total. The van der Waals surface area contributed by atoms with E-state index in [-0.39, 0.29) is 29.9 Å². The van der Waals surface area contributed by atoms with E-state index in [9.17, 15) is 14.8 Å². The molecule has 8 nitrogen and oxygen atoms in total. The van der Waals surface area contributed by atoms with Gasteiger partial charge < -0.3 is 15.0 Å². The molecule has 2 aromatic rings. The molecule has 0 aliphatic carbocycles. The number of aromatic nitrogens is 1. The van der Waals surface area contributed by atoms with Crippen LogP contribution in [0.15, 0.2) is 23.4 Å². The first-order valence-electron chi connectivity index (χ1n) is 7.11. The first kappa shape index (κ1) is 18.5. The average molecular weight is 374 g/mol. The van der Waals surface area contributed by atoms with Crippen LogP contribution >= 0.6 is 24.0 Å². The second-order valence-electron chi connectivity index (χ2n) is 5.44. The van der Waals surface area contributed by atoms with Gasteiger partial charge in [-0.3, -0.25) is 10.6 Å². The molecule has 3 rings (SSSR count). The minimum absolute atomic E-state index is 0. The average Bonchev–Trinajstić information content (AvgIpc) is 2.88. The van der Waals surface area contributed by atoms with Crippen molar-refractivity contribution in [2.45, 2.75) is 5.38 Å². The van der Waals surface area contributed by atoms with Gasteiger partial charge in [-0.1, -0.05) is 12.1 Å². The number of carbonyl (C=O) groups excluding carboxylic acids is 1. The summed E-state index contributed by atoms with van der Waals surface area (Å²) in [6, 6.07) is 4.90. The molecule has 0 bridgehead atoms. The number of nitrogens with zero attached hydrogens (tertiary/aromatic N) is 3. The van der Waals surface area contributed by atoms with Crippen LogP contribution in [0.25, 0.3) is 10.9 Å². The number of hydrazine groups is 1. The van der Waals surface area contributed by atoms with Crippen molar-refractivity contribution in [2.75, 3.05) is 26.2 Å². The van der Waals surface area contributed by atoms with Crippen molar-refractivity contribution >= 4 is 46.5 Å². The summed E-state index contributed by atoms with van der Waals surface area (Å²) in [5.41, 5.74) is 1.03. The van der Waals surface area contributed by atoms with E-state index in [0.29, 0.717) is 42.6 Å². The zero-order valence-corrected chi connectivity index (χ0v) is 14.2. The third-order valence-electron chi connectivity index (χ3n) is 4.00. The molecule has 1 aromatic heterocycles.